The fraction of sp³-hybridized carbons (Fsp3) is 0.333. The van der Waals surface area contributed by atoms with Crippen LogP contribution in [-0.4, -0.2) is 41.2 Å². The summed E-state index contributed by atoms with van der Waals surface area (Å²) in [6, 6.07) is 11.9. The summed E-state index contributed by atoms with van der Waals surface area (Å²) >= 11 is 1.34. The van der Waals surface area contributed by atoms with E-state index in [0.717, 1.165) is 10.6 Å². The van der Waals surface area contributed by atoms with Crippen molar-refractivity contribution in [1.29, 1.82) is 0 Å². The number of carbonyl (C=O) groups excluding carboxylic acids is 2. The van der Waals surface area contributed by atoms with E-state index in [2.05, 4.69) is 20.1 Å². The average Bonchev–Trinajstić information content (AvgIpc) is 3.23. The first-order valence-corrected chi connectivity index (χ1v) is 12.9. The standard InChI is InChI=1S/C27H28F2N4O4S/c1-5-18-13-23(34)33(32-24(18)19-8-11-21(37-27(28)29)22(12-19)36-4)14-17-6-9-20(10-7-17)31-26(35)25-15(2)30-16(3)38-25/h6-12,18,27H,5,13-14H2,1-4H3,(H,31,35). The number of rotatable bonds is 9. The minimum absolute atomic E-state index is 0.0727. The molecule has 1 unspecified atom stereocenters. The van der Waals surface area contributed by atoms with Crippen molar-refractivity contribution in [3.05, 3.63) is 69.2 Å². The third-order valence-corrected chi connectivity index (χ3v) is 7.22. The Labute approximate surface area is 223 Å². The molecule has 0 saturated carbocycles. The highest BCUT2D eigenvalue weighted by Crippen LogP contribution is 2.33. The van der Waals surface area contributed by atoms with E-state index in [1.54, 1.807) is 31.2 Å². The summed E-state index contributed by atoms with van der Waals surface area (Å²) in [4.78, 5) is 30.3. The number of anilines is 1. The van der Waals surface area contributed by atoms with E-state index in [1.807, 2.05) is 26.0 Å². The summed E-state index contributed by atoms with van der Waals surface area (Å²) in [5.41, 5.74) is 3.49. The summed E-state index contributed by atoms with van der Waals surface area (Å²) in [6.45, 7) is 2.89. The Morgan fingerprint density at radius 2 is 1.92 bits per heavy atom. The van der Waals surface area contributed by atoms with Gasteiger partial charge in [-0.25, -0.2) is 9.99 Å². The van der Waals surface area contributed by atoms with Crippen LogP contribution in [0.25, 0.3) is 0 Å². The molecule has 200 valence electrons. The Bertz CT molecular complexity index is 1360. The number of hydrogen-bond donors (Lipinski definition) is 1. The Hall–Kier alpha value is -3.86. The minimum Gasteiger partial charge on any atom is -0.493 e. The number of carbonyl (C=O) groups is 2. The molecule has 2 aromatic carbocycles. The Balaban J connectivity index is 1.52. The number of aromatic nitrogens is 1. The lowest BCUT2D eigenvalue weighted by Gasteiger charge is -2.29. The largest absolute Gasteiger partial charge is 0.493 e. The second kappa shape index (κ2) is 11.7. The maximum atomic E-state index is 12.9. The number of thiazole rings is 1. The number of alkyl halides is 2. The van der Waals surface area contributed by atoms with Crippen molar-refractivity contribution in [3.63, 3.8) is 0 Å². The lowest BCUT2D eigenvalue weighted by atomic mass is 9.89. The van der Waals surface area contributed by atoms with Crippen molar-refractivity contribution in [3.8, 4) is 11.5 Å². The molecule has 0 aliphatic carbocycles. The van der Waals surface area contributed by atoms with E-state index in [9.17, 15) is 18.4 Å². The lowest BCUT2D eigenvalue weighted by Crippen LogP contribution is -2.36. The highest BCUT2D eigenvalue weighted by molar-refractivity contribution is 7.13. The number of ether oxygens (including phenoxy) is 2. The molecular weight excluding hydrogens is 514 g/mol. The molecule has 1 atom stereocenters. The van der Waals surface area contributed by atoms with Gasteiger partial charge in [0.15, 0.2) is 11.5 Å². The van der Waals surface area contributed by atoms with Gasteiger partial charge in [0.2, 0.25) is 5.91 Å². The third kappa shape index (κ3) is 6.16. The number of aryl methyl sites for hydroxylation is 2. The van der Waals surface area contributed by atoms with E-state index in [0.29, 0.717) is 34.0 Å². The van der Waals surface area contributed by atoms with Crippen LogP contribution >= 0.6 is 11.3 Å². The van der Waals surface area contributed by atoms with Gasteiger partial charge in [-0.15, -0.1) is 11.3 Å². The monoisotopic (exact) mass is 542 g/mol. The molecule has 0 saturated heterocycles. The normalized spacial score (nSPS) is 15.4. The fourth-order valence-corrected chi connectivity index (χ4v) is 5.07. The zero-order chi connectivity index (χ0) is 27.4. The smallest absolute Gasteiger partial charge is 0.387 e. The van der Waals surface area contributed by atoms with Crippen LogP contribution in [0.15, 0.2) is 47.6 Å². The highest BCUT2D eigenvalue weighted by atomic mass is 32.1. The Morgan fingerprint density at radius 1 is 1.18 bits per heavy atom. The minimum atomic E-state index is -2.97. The van der Waals surface area contributed by atoms with E-state index < -0.39 is 6.61 Å². The number of nitrogens with zero attached hydrogens (tertiary/aromatic N) is 3. The van der Waals surface area contributed by atoms with Crippen LogP contribution in [0.4, 0.5) is 14.5 Å². The highest BCUT2D eigenvalue weighted by Gasteiger charge is 2.30. The first kappa shape index (κ1) is 27.2. The molecule has 4 rings (SSSR count). The van der Waals surface area contributed by atoms with Gasteiger partial charge in [-0.3, -0.25) is 9.59 Å². The first-order chi connectivity index (χ1) is 18.2. The maximum absolute atomic E-state index is 12.9. The van der Waals surface area contributed by atoms with Gasteiger partial charge >= 0.3 is 6.61 Å². The van der Waals surface area contributed by atoms with Crippen LogP contribution in [0.2, 0.25) is 0 Å². The number of amides is 2. The van der Waals surface area contributed by atoms with Gasteiger partial charge in [-0.1, -0.05) is 19.1 Å². The van der Waals surface area contributed by atoms with Crippen molar-refractivity contribution in [2.45, 2.75) is 46.8 Å². The van der Waals surface area contributed by atoms with Crippen molar-refractivity contribution in [2.24, 2.45) is 11.0 Å². The summed E-state index contributed by atoms with van der Waals surface area (Å²) in [5, 5.41) is 9.77. The second-order valence-electron chi connectivity index (χ2n) is 8.79. The number of nitrogens with one attached hydrogen (secondary N) is 1. The topological polar surface area (TPSA) is 93.1 Å². The molecule has 3 aromatic rings. The molecule has 2 amide bonds. The van der Waals surface area contributed by atoms with Crippen LogP contribution in [0.3, 0.4) is 0 Å². The van der Waals surface area contributed by atoms with Crippen molar-refractivity contribution < 1.29 is 27.8 Å². The van der Waals surface area contributed by atoms with Crippen molar-refractivity contribution >= 4 is 34.6 Å². The van der Waals surface area contributed by atoms with Gasteiger partial charge in [-0.2, -0.15) is 13.9 Å². The summed E-state index contributed by atoms with van der Waals surface area (Å²) in [7, 11) is 1.37. The number of hydrazone groups is 1. The molecule has 1 aliphatic heterocycles. The predicted molar refractivity (Wildman–Crippen MR) is 141 cm³/mol. The van der Waals surface area contributed by atoms with Gasteiger partial charge < -0.3 is 14.8 Å². The van der Waals surface area contributed by atoms with Crippen LogP contribution in [0.1, 0.15) is 51.3 Å². The molecular formula is C27H28F2N4O4S. The second-order valence-corrected chi connectivity index (χ2v) is 9.99. The molecule has 1 aromatic heterocycles. The summed E-state index contributed by atoms with van der Waals surface area (Å²) in [5.74, 6) is -0.366. The van der Waals surface area contributed by atoms with E-state index >= 15 is 0 Å². The number of benzene rings is 2. The molecule has 0 fully saturated rings. The van der Waals surface area contributed by atoms with Crippen LogP contribution in [0, 0.1) is 19.8 Å². The number of halogens is 2. The summed E-state index contributed by atoms with van der Waals surface area (Å²) < 4.78 is 35.2. The average molecular weight is 543 g/mol. The molecule has 2 heterocycles. The SMILES string of the molecule is CCC1CC(=O)N(Cc2ccc(NC(=O)c3sc(C)nc3C)cc2)N=C1c1ccc(OC(F)F)c(OC)c1. The van der Waals surface area contributed by atoms with E-state index in [-0.39, 0.29) is 42.2 Å². The molecule has 0 bridgehead atoms. The van der Waals surface area contributed by atoms with Gasteiger partial charge in [0.1, 0.15) is 4.88 Å². The van der Waals surface area contributed by atoms with Crippen LogP contribution < -0.4 is 14.8 Å². The van der Waals surface area contributed by atoms with Gasteiger partial charge in [0, 0.05) is 23.6 Å². The molecule has 0 spiro atoms. The predicted octanol–water partition coefficient (Wildman–Crippen LogP) is 5.79. The van der Waals surface area contributed by atoms with E-state index in [4.69, 9.17) is 4.74 Å². The maximum Gasteiger partial charge on any atom is 0.387 e. The zero-order valence-electron chi connectivity index (χ0n) is 21.5. The molecule has 0 radical (unpaired) electrons. The molecule has 38 heavy (non-hydrogen) atoms. The Kier molecular flexibility index (Phi) is 8.35. The first-order valence-electron chi connectivity index (χ1n) is 12.0. The lowest BCUT2D eigenvalue weighted by molar-refractivity contribution is -0.133. The fourth-order valence-electron chi connectivity index (χ4n) is 4.25. The van der Waals surface area contributed by atoms with Crippen molar-refractivity contribution in [2.75, 3.05) is 12.4 Å². The zero-order valence-corrected chi connectivity index (χ0v) is 22.3. The molecule has 1 N–H and O–H groups in total. The van der Waals surface area contributed by atoms with Crippen LogP contribution in [-0.2, 0) is 11.3 Å². The van der Waals surface area contributed by atoms with E-state index in [1.165, 1.54) is 29.5 Å². The van der Waals surface area contributed by atoms with Crippen molar-refractivity contribution in [1.82, 2.24) is 9.99 Å². The van der Waals surface area contributed by atoms with Gasteiger partial charge in [0.05, 0.1) is 30.1 Å². The Morgan fingerprint density at radius 3 is 2.53 bits per heavy atom. The third-order valence-electron chi connectivity index (χ3n) is 6.15. The van der Waals surface area contributed by atoms with Crippen LogP contribution in [0.5, 0.6) is 11.5 Å². The summed E-state index contributed by atoms with van der Waals surface area (Å²) in [6.07, 6.45) is 0.956. The van der Waals surface area contributed by atoms with Gasteiger partial charge in [-0.05, 0) is 56.2 Å². The molecule has 1 aliphatic rings. The van der Waals surface area contributed by atoms with Gasteiger partial charge in [0.25, 0.3) is 5.91 Å². The molecule has 11 heteroatoms. The molecule has 8 nitrogen and oxygen atoms in total. The quantitative estimate of drug-likeness (QED) is 0.370. The number of methoxy groups -OCH3 is 1. The number of hydrogen-bond acceptors (Lipinski definition) is 7.